The maximum atomic E-state index is 12.0. The number of aryl methyl sites for hydroxylation is 1. The van der Waals surface area contributed by atoms with Crippen molar-refractivity contribution in [1.29, 1.82) is 0 Å². The van der Waals surface area contributed by atoms with Gasteiger partial charge in [-0.05, 0) is 58.3 Å². The third kappa shape index (κ3) is 3.19. The van der Waals surface area contributed by atoms with Crippen LogP contribution in [0.3, 0.4) is 0 Å². The molecule has 0 atom stereocenters. The minimum absolute atomic E-state index is 0.278. The van der Waals surface area contributed by atoms with Gasteiger partial charge in [0.1, 0.15) is 5.75 Å². The van der Waals surface area contributed by atoms with Crippen LogP contribution in [0.2, 0.25) is 0 Å². The molecular formula is C18H14BrNO3. The molecule has 0 unspecified atom stereocenters. The first-order valence-electron chi connectivity index (χ1n) is 7.00. The predicted octanol–water partition coefficient (Wildman–Crippen LogP) is 4.11. The molecule has 23 heavy (non-hydrogen) atoms. The normalized spacial score (nSPS) is 15.5. The van der Waals surface area contributed by atoms with Gasteiger partial charge in [-0.1, -0.05) is 24.3 Å². The van der Waals surface area contributed by atoms with E-state index in [1.807, 2.05) is 49.4 Å². The molecule has 1 aliphatic heterocycles. The van der Waals surface area contributed by atoms with E-state index < -0.39 is 5.97 Å². The van der Waals surface area contributed by atoms with Crippen LogP contribution in [0.15, 0.2) is 57.6 Å². The van der Waals surface area contributed by atoms with Gasteiger partial charge in [0.05, 0.1) is 11.6 Å². The summed E-state index contributed by atoms with van der Waals surface area (Å²) in [5.41, 5.74) is 2.94. The topological polar surface area (TPSA) is 47.9 Å². The molecule has 1 heterocycles. The van der Waals surface area contributed by atoms with E-state index in [-0.39, 0.29) is 5.70 Å². The summed E-state index contributed by atoms with van der Waals surface area (Å²) in [6, 6.07) is 13.2. The molecule has 0 fully saturated rings. The average Bonchev–Trinajstić information content (AvgIpc) is 2.89. The first kappa shape index (κ1) is 15.5. The summed E-state index contributed by atoms with van der Waals surface area (Å²) in [5, 5.41) is 0. The lowest BCUT2D eigenvalue weighted by Gasteiger charge is -2.03. The second kappa shape index (κ2) is 6.38. The lowest BCUT2D eigenvalue weighted by molar-refractivity contribution is -0.129. The van der Waals surface area contributed by atoms with Crippen molar-refractivity contribution in [3.8, 4) is 5.75 Å². The molecule has 4 nitrogen and oxygen atoms in total. The van der Waals surface area contributed by atoms with Gasteiger partial charge < -0.3 is 9.47 Å². The van der Waals surface area contributed by atoms with E-state index in [0.717, 1.165) is 26.9 Å². The van der Waals surface area contributed by atoms with E-state index in [1.165, 1.54) is 0 Å². The molecular weight excluding hydrogens is 358 g/mol. The van der Waals surface area contributed by atoms with Crippen LogP contribution in [0, 0.1) is 6.92 Å². The van der Waals surface area contributed by atoms with Gasteiger partial charge in [0.2, 0.25) is 5.90 Å². The van der Waals surface area contributed by atoms with Gasteiger partial charge in [0, 0.05) is 5.56 Å². The van der Waals surface area contributed by atoms with E-state index in [1.54, 1.807) is 13.2 Å². The Hall–Kier alpha value is -2.40. The van der Waals surface area contributed by atoms with Crippen LogP contribution in [-0.2, 0) is 9.53 Å². The fourth-order valence-corrected chi connectivity index (χ4v) is 2.83. The molecule has 0 aliphatic carbocycles. The van der Waals surface area contributed by atoms with Crippen LogP contribution < -0.4 is 4.74 Å². The van der Waals surface area contributed by atoms with Gasteiger partial charge in [-0.3, -0.25) is 0 Å². The Morgan fingerprint density at radius 1 is 1.22 bits per heavy atom. The lowest BCUT2D eigenvalue weighted by atomic mass is 10.1. The van der Waals surface area contributed by atoms with Crippen molar-refractivity contribution in [3.63, 3.8) is 0 Å². The molecule has 116 valence electrons. The van der Waals surface area contributed by atoms with Gasteiger partial charge in [0.15, 0.2) is 5.70 Å². The maximum absolute atomic E-state index is 12.0. The van der Waals surface area contributed by atoms with E-state index in [0.29, 0.717) is 5.90 Å². The van der Waals surface area contributed by atoms with Crippen LogP contribution in [-0.4, -0.2) is 19.0 Å². The van der Waals surface area contributed by atoms with Crippen molar-refractivity contribution >= 4 is 33.9 Å². The molecule has 5 heteroatoms. The Labute approximate surface area is 142 Å². The highest BCUT2D eigenvalue weighted by molar-refractivity contribution is 9.10. The molecule has 0 radical (unpaired) electrons. The highest BCUT2D eigenvalue weighted by atomic mass is 79.9. The Bertz CT molecular complexity index is 840. The van der Waals surface area contributed by atoms with E-state index in [9.17, 15) is 4.79 Å². The first-order chi connectivity index (χ1) is 11.1. The molecule has 0 aromatic heterocycles. The molecule has 1 aliphatic rings. The smallest absolute Gasteiger partial charge is 0.363 e. The summed E-state index contributed by atoms with van der Waals surface area (Å²) in [7, 11) is 1.60. The molecule has 0 saturated carbocycles. The van der Waals surface area contributed by atoms with Crippen LogP contribution in [0.5, 0.6) is 5.75 Å². The lowest BCUT2D eigenvalue weighted by Crippen LogP contribution is -2.06. The Morgan fingerprint density at radius 3 is 2.70 bits per heavy atom. The molecule has 0 saturated heterocycles. The third-order valence-corrected chi connectivity index (χ3v) is 4.09. The highest BCUT2D eigenvalue weighted by Gasteiger charge is 2.24. The molecule has 2 aromatic carbocycles. The van der Waals surface area contributed by atoms with Crippen molar-refractivity contribution in [1.82, 2.24) is 0 Å². The number of hydrogen-bond donors (Lipinski definition) is 0. The zero-order valence-corrected chi connectivity index (χ0v) is 14.3. The number of esters is 1. The number of benzene rings is 2. The number of cyclic esters (lactones) is 1. The molecule has 0 N–H and O–H groups in total. The number of carbonyl (C=O) groups excluding carboxylic acids is 1. The quantitative estimate of drug-likeness (QED) is 0.602. The predicted molar refractivity (Wildman–Crippen MR) is 92.5 cm³/mol. The van der Waals surface area contributed by atoms with Crippen molar-refractivity contribution in [2.24, 2.45) is 4.99 Å². The zero-order chi connectivity index (χ0) is 16.4. The number of nitrogens with zero attached hydrogens (tertiary/aromatic N) is 1. The zero-order valence-electron chi connectivity index (χ0n) is 12.7. The SMILES string of the molecule is COc1ccc(/C=C2/N=C(c3ccccc3C)OC2=O)cc1Br. The Morgan fingerprint density at radius 2 is 2.00 bits per heavy atom. The highest BCUT2D eigenvalue weighted by Crippen LogP contribution is 2.27. The standard InChI is InChI=1S/C18H14BrNO3/c1-11-5-3-4-6-13(11)17-20-15(18(21)23-17)10-12-7-8-16(22-2)14(19)9-12/h3-10H,1-2H3/b15-10+. The number of methoxy groups -OCH3 is 1. The van der Waals surface area contributed by atoms with Gasteiger partial charge in [-0.2, -0.15) is 0 Å². The number of hydrogen-bond acceptors (Lipinski definition) is 4. The minimum atomic E-state index is -0.449. The van der Waals surface area contributed by atoms with Crippen molar-refractivity contribution in [2.75, 3.05) is 7.11 Å². The summed E-state index contributed by atoms with van der Waals surface area (Å²) in [5.74, 6) is 0.618. The van der Waals surface area contributed by atoms with Crippen LogP contribution in [0.25, 0.3) is 6.08 Å². The molecule has 0 amide bonds. The Kier molecular flexibility index (Phi) is 4.30. The second-order valence-corrected chi connectivity index (χ2v) is 5.90. The fourth-order valence-electron chi connectivity index (χ4n) is 2.27. The van der Waals surface area contributed by atoms with Crippen molar-refractivity contribution in [2.45, 2.75) is 6.92 Å². The second-order valence-electron chi connectivity index (χ2n) is 5.04. The summed E-state index contributed by atoms with van der Waals surface area (Å²) >= 11 is 3.42. The molecule has 2 aromatic rings. The van der Waals surface area contributed by atoms with Crippen LogP contribution in [0.4, 0.5) is 0 Å². The van der Waals surface area contributed by atoms with E-state index >= 15 is 0 Å². The Balaban J connectivity index is 1.95. The van der Waals surface area contributed by atoms with Gasteiger partial charge in [0.25, 0.3) is 0 Å². The van der Waals surface area contributed by atoms with Crippen LogP contribution in [0.1, 0.15) is 16.7 Å². The van der Waals surface area contributed by atoms with Gasteiger partial charge >= 0.3 is 5.97 Å². The summed E-state index contributed by atoms with van der Waals surface area (Å²) in [6.45, 7) is 1.95. The maximum Gasteiger partial charge on any atom is 0.363 e. The number of halogens is 1. The first-order valence-corrected chi connectivity index (χ1v) is 7.80. The van der Waals surface area contributed by atoms with Crippen molar-refractivity contribution < 1.29 is 14.3 Å². The number of ether oxygens (including phenoxy) is 2. The van der Waals surface area contributed by atoms with E-state index in [4.69, 9.17) is 9.47 Å². The van der Waals surface area contributed by atoms with Gasteiger partial charge in [-0.25, -0.2) is 9.79 Å². The largest absolute Gasteiger partial charge is 0.496 e. The third-order valence-electron chi connectivity index (χ3n) is 3.48. The molecule has 0 spiro atoms. The summed E-state index contributed by atoms with van der Waals surface area (Å²) in [6.07, 6.45) is 1.69. The average molecular weight is 372 g/mol. The number of aliphatic imine (C=N–C) groups is 1. The molecule has 3 rings (SSSR count). The molecule has 0 bridgehead atoms. The number of rotatable bonds is 3. The summed E-state index contributed by atoms with van der Waals surface area (Å²) in [4.78, 5) is 16.4. The summed E-state index contributed by atoms with van der Waals surface area (Å²) < 4.78 is 11.3. The van der Waals surface area contributed by atoms with Crippen molar-refractivity contribution in [3.05, 3.63) is 69.3 Å². The fraction of sp³-hybridized carbons (Fsp3) is 0.111. The van der Waals surface area contributed by atoms with Crippen LogP contribution >= 0.6 is 15.9 Å². The minimum Gasteiger partial charge on any atom is -0.496 e. The number of carbonyl (C=O) groups is 1. The van der Waals surface area contributed by atoms with Gasteiger partial charge in [-0.15, -0.1) is 0 Å². The monoisotopic (exact) mass is 371 g/mol. The van der Waals surface area contributed by atoms with E-state index in [2.05, 4.69) is 20.9 Å².